The zero-order valence-electron chi connectivity index (χ0n) is 15.6. The Morgan fingerprint density at radius 2 is 2.04 bits per heavy atom. The van der Waals surface area contributed by atoms with E-state index in [-0.39, 0.29) is 12.5 Å². The van der Waals surface area contributed by atoms with Crippen LogP contribution in [0.2, 0.25) is 5.02 Å². The molecule has 2 rings (SSSR count). The Balaban J connectivity index is 1.92. The number of benzene rings is 1. The Morgan fingerprint density at radius 1 is 1.30 bits per heavy atom. The van der Waals surface area contributed by atoms with Crippen LogP contribution in [0.15, 0.2) is 29.6 Å². The van der Waals surface area contributed by atoms with Crippen molar-refractivity contribution in [2.45, 2.75) is 38.6 Å². The number of amides is 2. The highest BCUT2D eigenvalue weighted by Crippen LogP contribution is 2.25. The van der Waals surface area contributed by atoms with Crippen molar-refractivity contribution in [3.05, 3.63) is 50.9 Å². The summed E-state index contributed by atoms with van der Waals surface area (Å²) in [7, 11) is 1.31. The molecule has 1 unspecified atom stereocenters. The standard InChI is InChI=1S/C19H24ClN3O3S/c1-12(2)18-22-13(11-27-18)8-9-21-19(25)23-16(10-17(24)26-3)14-6-4-5-7-15(14)20/h4-7,11-12,16H,8-10H2,1-3H3,(H2,21,23,25). The molecule has 2 aromatic rings. The maximum Gasteiger partial charge on any atom is 0.315 e. The molecule has 1 heterocycles. The van der Waals surface area contributed by atoms with E-state index in [9.17, 15) is 9.59 Å². The second-order valence-electron chi connectivity index (χ2n) is 6.34. The number of esters is 1. The second kappa shape index (κ2) is 10.3. The van der Waals surface area contributed by atoms with Crippen molar-refractivity contribution in [3.63, 3.8) is 0 Å². The molecule has 2 amide bonds. The van der Waals surface area contributed by atoms with Crippen LogP contribution in [0.4, 0.5) is 4.79 Å². The first-order valence-corrected chi connectivity index (χ1v) is 9.96. The highest BCUT2D eigenvalue weighted by Gasteiger charge is 2.21. The minimum atomic E-state index is -0.571. The van der Waals surface area contributed by atoms with Crippen molar-refractivity contribution in [2.75, 3.05) is 13.7 Å². The minimum absolute atomic E-state index is 0.00249. The summed E-state index contributed by atoms with van der Waals surface area (Å²) in [6.45, 7) is 4.65. The van der Waals surface area contributed by atoms with Crippen molar-refractivity contribution in [1.82, 2.24) is 15.6 Å². The number of nitrogens with zero attached hydrogens (tertiary/aromatic N) is 1. The Labute approximate surface area is 168 Å². The molecular formula is C19H24ClN3O3S. The second-order valence-corrected chi connectivity index (χ2v) is 7.63. The number of urea groups is 1. The minimum Gasteiger partial charge on any atom is -0.469 e. The number of halogens is 1. The van der Waals surface area contributed by atoms with Gasteiger partial charge in [-0.05, 0) is 11.6 Å². The van der Waals surface area contributed by atoms with E-state index in [2.05, 4.69) is 29.5 Å². The van der Waals surface area contributed by atoms with Gasteiger partial charge in [0.25, 0.3) is 0 Å². The van der Waals surface area contributed by atoms with Gasteiger partial charge in [-0.3, -0.25) is 4.79 Å². The number of nitrogens with one attached hydrogen (secondary N) is 2. The molecule has 0 saturated heterocycles. The van der Waals surface area contributed by atoms with Gasteiger partial charge in [-0.15, -0.1) is 11.3 Å². The van der Waals surface area contributed by atoms with Gasteiger partial charge in [-0.25, -0.2) is 9.78 Å². The van der Waals surface area contributed by atoms with Crippen molar-refractivity contribution in [1.29, 1.82) is 0 Å². The molecule has 0 spiro atoms. The molecule has 6 nitrogen and oxygen atoms in total. The van der Waals surface area contributed by atoms with Crippen molar-refractivity contribution >= 4 is 34.9 Å². The highest BCUT2D eigenvalue weighted by molar-refractivity contribution is 7.09. The molecule has 1 aromatic heterocycles. The van der Waals surface area contributed by atoms with Gasteiger partial charge in [-0.2, -0.15) is 0 Å². The fourth-order valence-electron chi connectivity index (χ4n) is 2.46. The van der Waals surface area contributed by atoms with E-state index in [1.165, 1.54) is 7.11 Å². The van der Waals surface area contributed by atoms with Crippen molar-refractivity contribution < 1.29 is 14.3 Å². The zero-order chi connectivity index (χ0) is 19.8. The predicted octanol–water partition coefficient (Wildman–Crippen LogP) is 4.07. The Bertz CT molecular complexity index is 779. The van der Waals surface area contributed by atoms with E-state index in [0.717, 1.165) is 10.7 Å². The van der Waals surface area contributed by atoms with Crippen LogP contribution < -0.4 is 10.6 Å². The van der Waals surface area contributed by atoms with E-state index in [1.54, 1.807) is 35.6 Å². The molecule has 8 heteroatoms. The van der Waals surface area contributed by atoms with Crippen LogP contribution in [0, 0.1) is 0 Å². The van der Waals surface area contributed by atoms with Crippen LogP contribution in [-0.2, 0) is 16.0 Å². The SMILES string of the molecule is COC(=O)CC(NC(=O)NCCc1csc(C(C)C)n1)c1ccccc1Cl. The molecule has 0 bridgehead atoms. The normalized spacial score (nSPS) is 11.9. The summed E-state index contributed by atoms with van der Waals surface area (Å²) in [5, 5.41) is 9.18. The lowest BCUT2D eigenvalue weighted by molar-refractivity contribution is -0.141. The number of rotatable bonds is 8. The van der Waals surface area contributed by atoms with Crippen LogP contribution in [0.5, 0.6) is 0 Å². The zero-order valence-corrected chi connectivity index (χ0v) is 17.2. The lowest BCUT2D eigenvalue weighted by Gasteiger charge is -2.19. The molecule has 27 heavy (non-hydrogen) atoms. The number of carbonyl (C=O) groups is 2. The highest BCUT2D eigenvalue weighted by atomic mass is 35.5. The topological polar surface area (TPSA) is 80.3 Å². The van der Waals surface area contributed by atoms with Crippen LogP contribution in [0.3, 0.4) is 0 Å². The molecule has 0 aliphatic carbocycles. The number of aromatic nitrogens is 1. The summed E-state index contributed by atoms with van der Waals surface area (Å²) in [6.07, 6.45) is 0.641. The van der Waals surface area contributed by atoms with Crippen molar-refractivity contribution in [2.24, 2.45) is 0 Å². The van der Waals surface area contributed by atoms with Gasteiger partial charge < -0.3 is 15.4 Å². The Morgan fingerprint density at radius 3 is 2.67 bits per heavy atom. The number of hydrogen-bond acceptors (Lipinski definition) is 5. The summed E-state index contributed by atoms with van der Waals surface area (Å²) in [5.74, 6) is -0.0291. The van der Waals surface area contributed by atoms with Crippen LogP contribution >= 0.6 is 22.9 Å². The largest absolute Gasteiger partial charge is 0.469 e. The quantitative estimate of drug-likeness (QED) is 0.644. The molecule has 2 N–H and O–H groups in total. The third kappa shape index (κ3) is 6.52. The first-order chi connectivity index (χ1) is 12.9. The molecule has 0 radical (unpaired) electrons. The molecular weight excluding hydrogens is 386 g/mol. The lowest BCUT2D eigenvalue weighted by atomic mass is 10.0. The van der Waals surface area contributed by atoms with Crippen LogP contribution in [-0.4, -0.2) is 30.6 Å². The van der Waals surface area contributed by atoms with Gasteiger partial charge in [0.2, 0.25) is 0 Å². The molecule has 1 aromatic carbocycles. The summed E-state index contributed by atoms with van der Waals surface area (Å²) >= 11 is 7.84. The fraction of sp³-hybridized carbons (Fsp3) is 0.421. The maximum absolute atomic E-state index is 12.3. The van der Waals surface area contributed by atoms with E-state index in [0.29, 0.717) is 29.5 Å². The summed E-state index contributed by atoms with van der Waals surface area (Å²) in [6, 6.07) is 6.15. The predicted molar refractivity (Wildman–Crippen MR) is 107 cm³/mol. The van der Waals surface area contributed by atoms with E-state index in [1.807, 2.05) is 5.38 Å². The number of methoxy groups -OCH3 is 1. The van der Waals surface area contributed by atoms with Gasteiger partial charge in [0.1, 0.15) is 0 Å². The molecule has 0 aliphatic rings. The average Bonchev–Trinajstić information content (AvgIpc) is 3.10. The smallest absolute Gasteiger partial charge is 0.315 e. The monoisotopic (exact) mass is 409 g/mol. The fourth-order valence-corrected chi connectivity index (χ4v) is 3.60. The van der Waals surface area contributed by atoms with Gasteiger partial charge in [0.05, 0.1) is 30.3 Å². The number of hydrogen-bond donors (Lipinski definition) is 2. The first kappa shape index (κ1) is 21.2. The van der Waals surface area contributed by atoms with Crippen LogP contribution in [0.1, 0.15) is 48.5 Å². The summed E-state index contributed by atoms with van der Waals surface area (Å²) in [5.41, 5.74) is 1.63. The van der Waals surface area contributed by atoms with E-state index < -0.39 is 12.0 Å². The van der Waals surface area contributed by atoms with Crippen LogP contribution in [0.25, 0.3) is 0 Å². The molecule has 146 valence electrons. The number of thiazole rings is 1. The molecule has 0 fully saturated rings. The maximum atomic E-state index is 12.3. The van der Waals surface area contributed by atoms with Gasteiger partial charge >= 0.3 is 12.0 Å². The summed E-state index contributed by atoms with van der Waals surface area (Å²) in [4.78, 5) is 28.5. The van der Waals surface area contributed by atoms with E-state index in [4.69, 9.17) is 16.3 Å². The van der Waals surface area contributed by atoms with Gasteiger partial charge in [-0.1, -0.05) is 43.6 Å². The molecule has 0 saturated carbocycles. The number of ether oxygens (including phenoxy) is 1. The van der Waals surface area contributed by atoms with Gasteiger partial charge in [0, 0.05) is 29.3 Å². The average molecular weight is 410 g/mol. The first-order valence-electron chi connectivity index (χ1n) is 8.70. The van der Waals surface area contributed by atoms with Crippen molar-refractivity contribution in [3.8, 4) is 0 Å². The molecule has 1 atom stereocenters. The third-order valence-electron chi connectivity index (χ3n) is 3.91. The third-order valence-corrected chi connectivity index (χ3v) is 5.45. The Hall–Kier alpha value is -2.12. The lowest BCUT2D eigenvalue weighted by Crippen LogP contribution is -2.39. The Kier molecular flexibility index (Phi) is 8.06. The molecule has 0 aliphatic heterocycles. The summed E-state index contributed by atoms with van der Waals surface area (Å²) < 4.78 is 4.72. The van der Waals surface area contributed by atoms with Gasteiger partial charge in [0.15, 0.2) is 0 Å². The van der Waals surface area contributed by atoms with E-state index >= 15 is 0 Å². The number of carbonyl (C=O) groups excluding carboxylic acids is 2.